The van der Waals surface area contributed by atoms with Gasteiger partial charge in [0.15, 0.2) is 0 Å². The molecule has 1 N–H and O–H groups in total. The maximum Gasteiger partial charge on any atom is 0.0931 e. The molecule has 3 rings (SSSR count). The van der Waals surface area contributed by atoms with Gasteiger partial charge in [0.2, 0.25) is 0 Å². The van der Waals surface area contributed by atoms with Crippen LogP contribution in [0.1, 0.15) is 10.4 Å². The standard InChI is InChI=1S/C16H19ClN2S/c17-16-7-6-15(20-16)12-19-9-8-18-11-14(19)10-13-4-2-1-3-5-13/h1-7,14,18H,8-12H2. The molecule has 0 aliphatic carbocycles. The van der Waals surface area contributed by atoms with Gasteiger partial charge in [0, 0.05) is 37.1 Å². The minimum Gasteiger partial charge on any atom is -0.314 e. The van der Waals surface area contributed by atoms with E-state index in [-0.39, 0.29) is 0 Å². The van der Waals surface area contributed by atoms with Crippen molar-refractivity contribution in [2.24, 2.45) is 0 Å². The lowest BCUT2D eigenvalue weighted by molar-refractivity contribution is 0.153. The van der Waals surface area contributed by atoms with Crippen molar-refractivity contribution in [3.05, 3.63) is 57.2 Å². The van der Waals surface area contributed by atoms with Crippen molar-refractivity contribution in [3.63, 3.8) is 0 Å². The molecule has 20 heavy (non-hydrogen) atoms. The van der Waals surface area contributed by atoms with E-state index in [2.05, 4.69) is 46.6 Å². The number of hydrogen-bond donors (Lipinski definition) is 1. The Morgan fingerprint density at radius 2 is 2.05 bits per heavy atom. The Hall–Kier alpha value is -0.870. The van der Waals surface area contributed by atoms with E-state index in [1.807, 2.05) is 6.07 Å². The molecular formula is C16H19ClN2S. The Morgan fingerprint density at radius 1 is 1.20 bits per heavy atom. The second-order valence-electron chi connectivity index (χ2n) is 5.22. The molecule has 1 aliphatic rings. The third kappa shape index (κ3) is 3.61. The van der Waals surface area contributed by atoms with Gasteiger partial charge in [0.25, 0.3) is 0 Å². The van der Waals surface area contributed by atoms with Crippen molar-refractivity contribution in [1.82, 2.24) is 10.2 Å². The zero-order valence-electron chi connectivity index (χ0n) is 11.4. The Balaban J connectivity index is 1.67. The fraction of sp³-hybridized carbons (Fsp3) is 0.375. The molecule has 1 unspecified atom stereocenters. The molecule has 1 saturated heterocycles. The summed E-state index contributed by atoms with van der Waals surface area (Å²) < 4.78 is 0.884. The van der Waals surface area contributed by atoms with Gasteiger partial charge in [-0.05, 0) is 24.1 Å². The molecule has 1 aromatic carbocycles. The van der Waals surface area contributed by atoms with Crippen LogP contribution in [0.3, 0.4) is 0 Å². The fourth-order valence-electron chi connectivity index (χ4n) is 2.74. The summed E-state index contributed by atoms with van der Waals surface area (Å²) in [5.74, 6) is 0. The van der Waals surface area contributed by atoms with E-state index >= 15 is 0 Å². The fourth-order valence-corrected chi connectivity index (χ4v) is 3.85. The van der Waals surface area contributed by atoms with Crippen LogP contribution in [0.4, 0.5) is 0 Å². The smallest absolute Gasteiger partial charge is 0.0931 e. The van der Waals surface area contributed by atoms with Crippen LogP contribution >= 0.6 is 22.9 Å². The number of nitrogens with one attached hydrogen (secondary N) is 1. The number of piperazine rings is 1. The quantitative estimate of drug-likeness (QED) is 0.931. The molecule has 0 amide bonds. The predicted molar refractivity (Wildman–Crippen MR) is 86.5 cm³/mol. The van der Waals surface area contributed by atoms with Gasteiger partial charge in [0.1, 0.15) is 0 Å². The van der Waals surface area contributed by atoms with E-state index in [0.717, 1.165) is 36.9 Å². The second-order valence-corrected chi connectivity index (χ2v) is 7.02. The summed E-state index contributed by atoms with van der Waals surface area (Å²) in [7, 11) is 0. The third-order valence-electron chi connectivity index (χ3n) is 3.77. The third-order valence-corrected chi connectivity index (χ3v) is 4.99. The summed E-state index contributed by atoms with van der Waals surface area (Å²) in [5.41, 5.74) is 1.41. The SMILES string of the molecule is Clc1ccc(CN2CCNCC2Cc2ccccc2)s1. The first-order valence-corrected chi connectivity index (χ1v) is 8.23. The molecule has 2 heterocycles. The van der Waals surface area contributed by atoms with Crippen LogP contribution in [0.15, 0.2) is 42.5 Å². The molecule has 0 saturated carbocycles. The predicted octanol–water partition coefficient (Wildman–Crippen LogP) is 3.42. The minimum absolute atomic E-state index is 0.562. The second kappa shape index (κ2) is 6.72. The van der Waals surface area contributed by atoms with Gasteiger partial charge in [0.05, 0.1) is 4.34 Å². The molecule has 1 aromatic heterocycles. The molecule has 1 atom stereocenters. The van der Waals surface area contributed by atoms with Crippen molar-refractivity contribution in [2.45, 2.75) is 19.0 Å². The molecule has 2 aromatic rings. The van der Waals surface area contributed by atoms with Gasteiger partial charge < -0.3 is 5.32 Å². The van der Waals surface area contributed by atoms with Crippen molar-refractivity contribution in [3.8, 4) is 0 Å². The monoisotopic (exact) mass is 306 g/mol. The van der Waals surface area contributed by atoms with Crippen LogP contribution in [-0.4, -0.2) is 30.6 Å². The van der Waals surface area contributed by atoms with E-state index in [4.69, 9.17) is 11.6 Å². The maximum atomic E-state index is 6.03. The summed E-state index contributed by atoms with van der Waals surface area (Å²) in [6, 6.07) is 15.5. The normalized spacial score (nSPS) is 20.1. The molecule has 0 spiro atoms. The van der Waals surface area contributed by atoms with Gasteiger partial charge in [-0.15, -0.1) is 11.3 Å². The molecular weight excluding hydrogens is 288 g/mol. The lowest BCUT2D eigenvalue weighted by Gasteiger charge is -2.36. The highest BCUT2D eigenvalue weighted by molar-refractivity contribution is 7.16. The highest BCUT2D eigenvalue weighted by Crippen LogP contribution is 2.24. The van der Waals surface area contributed by atoms with E-state index in [9.17, 15) is 0 Å². The number of nitrogens with zero attached hydrogens (tertiary/aromatic N) is 1. The Kier molecular flexibility index (Phi) is 4.73. The van der Waals surface area contributed by atoms with Crippen molar-refractivity contribution >= 4 is 22.9 Å². The number of hydrogen-bond acceptors (Lipinski definition) is 3. The lowest BCUT2D eigenvalue weighted by Crippen LogP contribution is -2.51. The summed E-state index contributed by atoms with van der Waals surface area (Å²) >= 11 is 7.72. The summed E-state index contributed by atoms with van der Waals surface area (Å²) in [5, 5.41) is 3.51. The summed E-state index contributed by atoms with van der Waals surface area (Å²) in [6.07, 6.45) is 1.10. The van der Waals surface area contributed by atoms with Crippen LogP contribution in [-0.2, 0) is 13.0 Å². The van der Waals surface area contributed by atoms with Crippen molar-refractivity contribution in [2.75, 3.05) is 19.6 Å². The zero-order valence-corrected chi connectivity index (χ0v) is 13.0. The first kappa shape index (κ1) is 14.1. The van der Waals surface area contributed by atoms with Gasteiger partial charge in [-0.25, -0.2) is 0 Å². The topological polar surface area (TPSA) is 15.3 Å². The van der Waals surface area contributed by atoms with Crippen LogP contribution in [0, 0.1) is 0 Å². The van der Waals surface area contributed by atoms with Gasteiger partial charge >= 0.3 is 0 Å². The lowest BCUT2D eigenvalue weighted by atomic mass is 10.0. The largest absolute Gasteiger partial charge is 0.314 e. The first-order chi connectivity index (χ1) is 9.81. The van der Waals surface area contributed by atoms with Gasteiger partial charge in [-0.1, -0.05) is 41.9 Å². The first-order valence-electron chi connectivity index (χ1n) is 7.04. The Bertz CT molecular complexity index is 540. The molecule has 106 valence electrons. The molecule has 0 radical (unpaired) electrons. The van der Waals surface area contributed by atoms with Crippen LogP contribution in [0.2, 0.25) is 4.34 Å². The zero-order chi connectivity index (χ0) is 13.8. The number of benzene rings is 1. The summed E-state index contributed by atoms with van der Waals surface area (Å²) in [4.78, 5) is 3.93. The number of rotatable bonds is 4. The van der Waals surface area contributed by atoms with Gasteiger partial charge in [-0.3, -0.25) is 4.90 Å². The van der Waals surface area contributed by atoms with Crippen LogP contribution in [0.25, 0.3) is 0 Å². The average molecular weight is 307 g/mol. The van der Waals surface area contributed by atoms with E-state index in [1.165, 1.54) is 10.4 Å². The molecule has 2 nitrogen and oxygen atoms in total. The Morgan fingerprint density at radius 3 is 2.80 bits per heavy atom. The van der Waals surface area contributed by atoms with Crippen molar-refractivity contribution < 1.29 is 0 Å². The molecule has 4 heteroatoms. The van der Waals surface area contributed by atoms with Crippen LogP contribution < -0.4 is 5.32 Å². The molecule has 1 aliphatic heterocycles. The van der Waals surface area contributed by atoms with Crippen LogP contribution in [0.5, 0.6) is 0 Å². The summed E-state index contributed by atoms with van der Waals surface area (Å²) in [6.45, 7) is 4.25. The molecule has 1 fully saturated rings. The maximum absolute atomic E-state index is 6.03. The highest BCUT2D eigenvalue weighted by Gasteiger charge is 2.22. The number of thiophene rings is 1. The van der Waals surface area contributed by atoms with Crippen molar-refractivity contribution in [1.29, 1.82) is 0 Å². The van der Waals surface area contributed by atoms with E-state index in [0.29, 0.717) is 6.04 Å². The minimum atomic E-state index is 0.562. The Labute approximate surface area is 129 Å². The van der Waals surface area contributed by atoms with E-state index < -0.39 is 0 Å². The number of halogens is 1. The molecule has 0 bridgehead atoms. The average Bonchev–Trinajstić information content (AvgIpc) is 2.88. The van der Waals surface area contributed by atoms with E-state index in [1.54, 1.807) is 11.3 Å². The van der Waals surface area contributed by atoms with Gasteiger partial charge in [-0.2, -0.15) is 0 Å². The highest BCUT2D eigenvalue weighted by atomic mass is 35.5.